The molecule has 126 valence electrons. The number of fused-ring (bicyclic) bond motifs is 2. The first-order chi connectivity index (χ1) is 12.3. The lowest BCUT2D eigenvalue weighted by Gasteiger charge is -2.19. The van der Waals surface area contributed by atoms with Crippen molar-refractivity contribution in [3.63, 3.8) is 0 Å². The van der Waals surface area contributed by atoms with Crippen molar-refractivity contribution in [1.82, 2.24) is 24.8 Å². The molecule has 1 saturated carbocycles. The molecule has 2 fully saturated rings. The van der Waals surface area contributed by atoms with E-state index in [1.165, 1.54) is 11.9 Å². The van der Waals surface area contributed by atoms with Crippen LogP contribution in [0.15, 0.2) is 55.0 Å². The molecule has 5 rings (SSSR count). The highest BCUT2D eigenvalue weighted by Gasteiger charge is 2.56. The lowest BCUT2D eigenvalue weighted by Crippen LogP contribution is -2.34. The number of rotatable bonds is 4. The van der Waals surface area contributed by atoms with Gasteiger partial charge >= 0.3 is 0 Å². The van der Waals surface area contributed by atoms with Crippen LogP contribution in [0.25, 0.3) is 5.65 Å². The molecule has 0 spiro atoms. The van der Waals surface area contributed by atoms with Crippen molar-refractivity contribution in [3.05, 3.63) is 66.1 Å². The van der Waals surface area contributed by atoms with Gasteiger partial charge in [-0.15, -0.1) is 0 Å². The maximum atomic E-state index is 12.5. The summed E-state index contributed by atoms with van der Waals surface area (Å²) >= 11 is 0. The second-order valence-electron chi connectivity index (χ2n) is 6.99. The molecule has 1 saturated heterocycles. The van der Waals surface area contributed by atoms with E-state index < -0.39 is 0 Å². The lowest BCUT2D eigenvalue weighted by atomic mass is 10.2. The predicted molar refractivity (Wildman–Crippen MR) is 92.9 cm³/mol. The van der Waals surface area contributed by atoms with Crippen LogP contribution in [0.2, 0.25) is 0 Å². The van der Waals surface area contributed by atoms with Gasteiger partial charge in [0.05, 0.1) is 5.56 Å². The van der Waals surface area contributed by atoms with E-state index in [-0.39, 0.29) is 5.91 Å². The van der Waals surface area contributed by atoms with Crippen LogP contribution in [0.3, 0.4) is 0 Å². The SMILES string of the molecule is O=C(NC1C2CN(Cc3ccccc3)CC21)c1ccc2ncnn2c1. The molecule has 1 aliphatic heterocycles. The van der Waals surface area contributed by atoms with Gasteiger partial charge in [-0.3, -0.25) is 9.69 Å². The Morgan fingerprint density at radius 2 is 1.92 bits per heavy atom. The number of nitrogens with zero attached hydrogens (tertiary/aromatic N) is 4. The van der Waals surface area contributed by atoms with Gasteiger partial charge in [-0.2, -0.15) is 5.10 Å². The molecule has 0 bridgehead atoms. The average Bonchev–Trinajstić information content (AvgIpc) is 3.01. The van der Waals surface area contributed by atoms with Crippen LogP contribution in [0.5, 0.6) is 0 Å². The van der Waals surface area contributed by atoms with Crippen LogP contribution >= 0.6 is 0 Å². The fraction of sp³-hybridized carbons (Fsp3) is 0.316. The minimum Gasteiger partial charge on any atom is -0.349 e. The van der Waals surface area contributed by atoms with E-state index in [1.807, 2.05) is 12.1 Å². The summed E-state index contributed by atoms with van der Waals surface area (Å²) in [6, 6.07) is 14.5. The lowest BCUT2D eigenvalue weighted by molar-refractivity contribution is 0.0942. The number of nitrogens with one attached hydrogen (secondary N) is 1. The highest BCUT2D eigenvalue weighted by molar-refractivity contribution is 5.94. The summed E-state index contributed by atoms with van der Waals surface area (Å²) in [6.45, 7) is 3.12. The Morgan fingerprint density at radius 3 is 2.72 bits per heavy atom. The van der Waals surface area contributed by atoms with E-state index in [1.54, 1.807) is 16.8 Å². The van der Waals surface area contributed by atoms with E-state index in [9.17, 15) is 4.79 Å². The highest BCUT2D eigenvalue weighted by atomic mass is 16.1. The topological polar surface area (TPSA) is 62.5 Å². The molecule has 2 unspecified atom stereocenters. The van der Waals surface area contributed by atoms with Gasteiger partial charge in [0.2, 0.25) is 0 Å². The first-order valence-corrected chi connectivity index (χ1v) is 8.64. The third kappa shape index (κ3) is 2.68. The molecule has 25 heavy (non-hydrogen) atoms. The number of aromatic nitrogens is 3. The first-order valence-electron chi connectivity index (χ1n) is 8.64. The van der Waals surface area contributed by atoms with Crippen LogP contribution in [-0.2, 0) is 6.54 Å². The minimum absolute atomic E-state index is 0.0218. The monoisotopic (exact) mass is 333 g/mol. The Bertz CT molecular complexity index is 910. The summed E-state index contributed by atoms with van der Waals surface area (Å²) < 4.78 is 1.63. The number of pyridine rings is 1. The molecule has 3 aromatic rings. The van der Waals surface area contributed by atoms with Gasteiger partial charge in [0, 0.05) is 31.9 Å². The maximum absolute atomic E-state index is 12.5. The molecule has 0 radical (unpaired) electrons. The third-order valence-electron chi connectivity index (χ3n) is 5.35. The Hall–Kier alpha value is -2.73. The van der Waals surface area contributed by atoms with E-state index in [4.69, 9.17) is 0 Å². The highest BCUT2D eigenvalue weighted by Crippen LogP contribution is 2.45. The molecule has 2 aliphatic rings. The molecule has 1 aliphatic carbocycles. The van der Waals surface area contributed by atoms with Crippen molar-refractivity contribution in [2.24, 2.45) is 11.8 Å². The minimum atomic E-state index is -0.0218. The molecule has 6 nitrogen and oxygen atoms in total. The third-order valence-corrected chi connectivity index (χ3v) is 5.35. The quantitative estimate of drug-likeness (QED) is 0.788. The number of carbonyl (C=O) groups is 1. The van der Waals surface area contributed by atoms with Crippen LogP contribution in [0.1, 0.15) is 15.9 Å². The van der Waals surface area contributed by atoms with Crippen molar-refractivity contribution < 1.29 is 4.79 Å². The summed E-state index contributed by atoms with van der Waals surface area (Å²) in [5.41, 5.74) is 2.73. The van der Waals surface area contributed by atoms with E-state index in [0.29, 0.717) is 23.4 Å². The van der Waals surface area contributed by atoms with Crippen molar-refractivity contribution in [2.75, 3.05) is 13.1 Å². The molecular weight excluding hydrogens is 314 g/mol. The number of likely N-dealkylation sites (tertiary alicyclic amines) is 1. The molecule has 3 heterocycles. The number of hydrogen-bond donors (Lipinski definition) is 1. The summed E-state index contributed by atoms with van der Waals surface area (Å²) in [5.74, 6) is 1.15. The van der Waals surface area contributed by atoms with Crippen LogP contribution < -0.4 is 5.32 Å². The Kier molecular flexibility index (Phi) is 3.31. The van der Waals surface area contributed by atoms with Gasteiger partial charge in [0.1, 0.15) is 6.33 Å². The Balaban J connectivity index is 1.18. The zero-order valence-corrected chi connectivity index (χ0v) is 13.7. The second kappa shape index (κ2) is 5.67. The van der Waals surface area contributed by atoms with Gasteiger partial charge < -0.3 is 5.32 Å². The molecular formula is C19H19N5O. The Morgan fingerprint density at radius 1 is 1.12 bits per heavy atom. The number of carbonyl (C=O) groups excluding carboxylic acids is 1. The second-order valence-corrected chi connectivity index (χ2v) is 6.99. The molecule has 2 aromatic heterocycles. The molecule has 1 aromatic carbocycles. The van der Waals surface area contributed by atoms with E-state index >= 15 is 0 Å². The zero-order valence-electron chi connectivity index (χ0n) is 13.7. The fourth-order valence-corrected chi connectivity index (χ4v) is 3.98. The summed E-state index contributed by atoms with van der Waals surface area (Å²) in [4.78, 5) is 19.1. The van der Waals surface area contributed by atoms with Crippen LogP contribution in [-0.4, -0.2) is 44.5 Å². The number of amides is 1. The average molecular weight is 333 g/mol. The number of benzene rings is 1. The van der Waals surface area contributed by atoms with E-state index in [0.717, 1.165) is 25.3 Å². The Labute approximate surface area is 145 Å². The fourth-order valence-electron chi connectivity index (χ4n) is 3.98. The maximum Gasteiger partial charge on any atom is 0.253 e. The van der Waals surface area contributed by atoms with Gasteiger partial charge in [0.25, 0.3) is 5.91 Å². The van der Waals surface area contributed by atoms with Crippen LogP contribution in [0, 0.1) is 11.8 Å². The molecule has 6 heteroatoms. The van der Waals surface area contributed by atoms with Gasteiger partial charge in [-0.05, 0) is 29.5 Å². The van der Waals surface area contributed by atoms with Crippen molar-refractivity contribution in [2.45, 2.75) is 12.6 Å². The normalized spacial score (nSPS) is 25.0. The van der Waals surface area contributed by atoms with Gasteiger partial charge in [-0.1, -0.05) is 30.3 Å². The predicted octanol–water partition coefficient (Wildman–Crippen LogP) is 1.59. The number of hydrogen-bond acceptors (Lipinski definition) is 4. The standard InChI is InChI=1S/C19H19N5O/c25-19(14-6-7-17-20-12-21-24(17)9-14)22-18-15-10-23(11-16(15)18)8-13-4-2-1-3-5-13/h1-7,9,12,15-16,18H,8,10-11H2,(H,22,25). The van der Waals surface area contributed by atoms with Crippen molar-refractivity contribution in [3.8, 4) is 0 Å². The summed E-state index contributed by atoms with van der Waals surface area (Å²) in [7, 11) is 0. The smallest absolute Gasteiger partial charge is 0.253 e. The summed E-state index contributed by atoms with van der Waals surface area (Å²) in [5, 5.41) is 7.27. The van der Waals surface area contributed by atoms with Crippen molar-refractivity contribution >= 4 is 11.6 Å². The number of piperidine rings is 1. The van der Waals surface area contributed by atoms with Gasteiger partial charge in [-0.25, -0.2) is 9.50 Å². The molecule has 2 atom stereocenters. The molecule has 1 N–H and O–H groups in total. The van der Waals surface area contributed by atoms with Crippen LogP contribution in [0.4, 0.5) is 0 Å². The van der Waals surface area contributed by atoms with Crippen molar-refractivity contribution in [1.29, 1.82) is 0 Å². The zero-order chi connectivity index (χ0) is 16.8. The van der Waals surface area contributed by atoms with E-state index in [2.05, 4.69) is 44.6 Å². The first kappa shape index (κ1) is 14.6. The van der Waals surface area contributed by atoms with Gasteiger partial charge in [0.15, 0.2) is 5.65 Å². The molecule has 1 amide bonds. The largest absolute Gasteiger partial charge is 0.349 e. The summed E-state index contributed by atoms with van der Waals surface area (Å²) in [6.07, 6.45) is 3.22.